The smallest absolute Gasteiger partial charge is 0.419 e. The van der Waals surface area contributed by atoms with Gasteiger partial charge in [-0.25, -0.2) is 14.5 Å². The first-order valence-electron chi connectivity index (χ1n) is 11.0. The maximum atomic E-state index is 13.4. The molecule has 12 heteroatoms. The molecule has 1 saturated heterocycles. The number of rotatable bonds is 6. The van der Waals surface area contributed by atoms with Crippen LogP contribution >= 0.6 is 0 Å². The van der Waals surface area contributed by atoms with Crippen LogP contribution in [0.4, 0.5) is 19.0 Å². The van der Waals surface area contributed by atoms with Crippen molar-refractivity contribution in [2.24, 2.45) is 11.7 Å². The molecule has 3 aromatic heterocycles. The number of hydrogen-bond acceptors (Lipinski definition) is 7. The number of nitrogens with zero attached hydrogens (tertiary/aromatic N) is 4. The number of benzene rings is 1. The summed E-state index contributed by atoms with van der Waals surface area (Å²) in [6, 6.07) is 11.6. The summed E-state index contributed by atoms with van der Waals surface area (Å²) in [4.78, 5) is 19.4. The molecule has 2 unspecified atom stereocenters. The van der Waals surface area contributed by atoms with Crippen molar-refractivity contribution in [2.75, 3.05) is 18.9 Å². The minimum absolute atomic E-state index is 0.0881. The Balaban J connectivity index is 1.42. The van der Waals surface area contributed by atoms with E-state index in [0.717, 1.165) is 11.6 Å². The first kappa shape index (κ1) is 23.5. The van der Waals surface area contributed by atoms with E-state index >= 15 is 0 Å². The van der Waals surface area contributed by atoms with Crippen LogP contribution < -0.4 is 16.2 Å². The van der Waals surface area contributed by atoms with E-state index in [9.17, 15) is 18.0 Å². The molecule has 4 aromatic rings. The van der Waals surface area contributed by atoms with Crippen LogP contribution in [0.3, 0.4) is 0 Å². The fourth-order valence-corrected chi connectivity index (χ4v) is 4.06. The van der Waals surface area contributed by atoms with Crippen LogP contribution in [-0.4, -0.2) is 44.8 Å². The Morgan fingerprint density at radius 2 is 1.94 bits per heavy atom. The van der Waals surface area contributed by atoms with Crippen LogP contribution in [0.15, 0.2) is 48.7 Å². The maximum absolute atomic E-state index is 13.4. The first-order valence-corrected chi connectivity index (χ1v) is 11.0. The van der Waals surface area contributed by atoms with Crippen molar-refractivity contribution < 1.29 is 27.4 Å². The van der Waals surface area contributed by atoms with Crippen LogP contribution in [0.5, 0.6) is 5.75 Å². The van der Waals surface area contributed by atoms with Crippen LogP contribution in [0.1, 0.15) is 11.3 Å². The number of hydrogen-bond donors (Lipinski definition) is 2. The number of ether oxygens (including phenoxy) is 2. The van der Waals surface area contributed by atoms with Gasteiger partial charge in [0.1, 0.15) is 17.7 Å². The molecule has 0 radical (unpaired) electrons. The predicted molar refractivity (Wildman–Crippen MR) is 124 cm³/mol. The average molecular weight is 498 g/mol. The van der Waals surface area contributed by atoms with Crippen LogP contribution in [0, 0.1) is 12.8 Å². The van der Waals surface area contributed by atoms with Gasteiger partial charge in [0.2, 0.25) is 5.91 Å². The quantitative estimate of drug-likeness (QED) is 0.417. The molecule has 1 amide bonds. The van der Waals surface area contributed by atoms with Gasteiger partial charge in [-0.15, -0.1) is 0 Å². The van der Waals surface area contributed by atoms with Gasteiger partial charge in [0, 0.05) is 17.3 Å². The Hall–Kier alpha value is -4.19. The fraction of sp³-hybridized carbons (Fsp3) is 0.250. The van der Waals surface area contributed by atoms with Gasteiger partial charge in [0.05, 0.1) is 41.8 Å². The largest absolute Gasteiger partial charge is 0.493 e. The van der Waals surface area contributed by atoms with Gasteiger partial charge in [0.15, 0.2) is 5.65 Å². The Kier molecular flexibility index (Phi) is 5.75. The van der Waals surface area contributed by atoms with Crippen molar-refractivity contribution in [1.82, 2.24) is 19.6 Å². The van der Waals surface area contributed by atoms with E-state index in [-0.39, 0.29) is 11.5 Å². The zero-order valence-corrected chi connectivity index (χ0v) is 19.0. The molecule has 36 heavy (non-hydrogen) atoms. The predicted octanol–water partition coefficient (Wildman–Crippen LogP) is 3.25. The van der Waals surface area contributed by atoms with E-state index in [1.807, 2.05) is 12.1 Å². The number of imidazole rings is 1. The van der Waals surface area contributed by atoms with Gasteiger partial charge < -0.3 is 20.9 Å². The van der Waals surface area contributed by atoms with Crippen molar-refractivity contribution in [3.8, 4) is 28.3 Å². The summed E-state index contributed by atoms with van der Waals surface area (Å²) in [5, 5.41) is 4.62. The molecule has 5 rings (SSSR count). The van der Waals surface area contributed by atoms with E-state index < -0.39 is 29.6 Å². The molecular weight excluding hydrogens is 477 g/mol. The van der Waals surface area contributed by atoms with Gasteiger partial charge in [-0.2, -0.15) is 18.3 Å². The summed E-state index contributed by atoms with van der Waals surface area (Å²) in [5.41, 5.74) is 12.6. The second-order valence-electron chi connectivity index (χ2n) is 8.44. The lowest BCUT2D eigenvalue weighted by Gasteiger charge is -2.33. The first-order chi connectivity index (χ1) is 17.1. The van der Waals surface area contributed by atoms with Gasteiger partial charge in [-0.3, -0.25) is 4.79 Å². The number of carbonyl (C=O) groups is 1. The van der Waals surface area contributed by atoms with Crippen LogP contribution in [0.2, 0.25) is 0 Å². The molecule has 0 spiro atoms. The molecule has 1 aliphatic rings. The number of primary amides is 1. The molecule has 1 fully saturated rings. The monoisotopic (exact) mass is 498 g/mol. The molecule has 4 N–H and O–H groups in total. The van der Waals surface area contributed by atoms with Crippen molar-refractivity contribution >= 4 is 17.4 Å². The average Bonchev–Trinajstić information content (AvgIpc) is 3.13. The van der Waals surface area contributed by atoms with Crippen LogP contribution in [0.25, 0.3) is 28.2 Å². The molecule has 9 nitrogen and oxygen atoms in total. The number of carbonyl (C=O) groups excluding carboxylic acids is 1. The topological polar surface area (TPSA) is 131 Å². The molecule has 1 aromatic carbocycles. The van der Waals surface area contributed by atoms with E-state index in [1.54, 1.807) is 31.2 Å². The van der Waals surface area contributed by atoms with Gasteiger partial charge in [-0.1, -0.05) is 0 Å². The summed E-state index contributed by atoms with van der Waals surface area (Å²) in [6.07, 6.45) is -4.00. The number of anilines is 1. The lowest BCUT2D eigenvalue weighted by Crippen LogP contribution is -2.51. The zero-order chi connectivity index (χ0) is 25.6. The Morgan fingerprint density at radius 3 is 2.58 bits per heavy atom. The Bertz CT molecular complexity index is 1450. The molecular formula is C24H21F3N6O3. The number of nitrogens with two attached hydrogens (primary N) is 2. The minimum Gasteiger partial charge on any atom is -0.493 e. The van der Waals surface area contributed by atoms with Crippen LogP contribution in [-0.2, 0) is 15.7 Å². The molecule has 0 bridgehead atoms. The summed E-state index contributed by atoms with van der Waals surface area (Å²) in [5.74, 6) is -0.592. The van der Waals surface area contributed by atoms with Gasteiger partial charge >= 0.3 is 6.18 Å². The van der Waals surface area contributed by atoms with E-state index in [2.05, 4.69) is 15.1 Å². The number of nitrogen functional groups attached to an aromatic ring is 1. The van der Waals surface area contributed by atoms with Crippen molar-refractivity contribution in [3.05, 3.63) is 59.9 Å². The van der Waals surface area contributed by atoms with Crippen molar-refractivity contribution in [2.45, 2.75) is 19.2 Å². The summed E-state index contributed by atoms with van der Waals surface area (Å²) in [6.45, 7) is 2.40. The second-order valence-corrected chi connectivity index (χ2v) is 8.44. The maximum Gasteiger partial charge on any atom is 0.419 e. The second kappa shape index (κ2) is 8.79. The molecule has 186 valence electrons. The highest BCUT2D eigenvalue weighted by molar-refractivity contribution is 5.80. The number of alkyl halides is 3. The van der Waals surface area contributed by atoms with E-state index in [0.29, 0.717) is 41.7 Å². The van der Waals surface area contributed by atoms with Gasteiger partial charge in [-0.05, 0) is 49.4 Å². The van der Waals surface area contributed by atoms with Crippen molar-refractivity contribution in [1.29, 1.82) is 0 Å². The third-order valence-corrected chi connectivity index (χ3v) is 5.96. The standard InChI is InChI=1S/C24H21F3N6O3/c1-12-20(14-8-17(24(25,26)27)22(28)30-9-14)33-19(31-12)7-6-18(32-33)13-2-4-16(5-3-13)35-10-15-11-36-21(15)23(29)34/h2-9,15,21H,10-11H2,1H3,(H2,28,30)(H2,29,34). The number of amides is 1. The molecule has 2 atom stereocenters. The Labute approximate surface area is 202 Å². The highest BCUT2D eigenvalue weighted by Gasteiger charge is 2.37. The third-order valence-electron chi connectivity index (χ3n) is 5.96. The lowest BCUT2D eigenvalue weighted by atomic mass is 9.98. The number of aromatic nitrogens is 4. The number of halogens is 3. The molecule has 0 saturated carbocycles. The summed E-state index contributed by atoms with van der Waals surface area (Å²) < 4.78 is 52.5. The number of fused-ring (bicyclic) bond motifs is 1. The van der Waals surface area contributed by atoms with Crippen molar-refractivity contribution in [3.63, 3.8) is 0 Å². The number of pyridine rings is 1. The van der Waals surface area contributed by atoms with E-state index in [4.69, 9.17) is 20.9 Å². The fourth-order valence-electron chi connectivity index (χ4n) is 4.06. The molecule has 1 aliphatic heterocycles. The molecule has 4 heterocycles. The molecule has 0 aliphatic carbocycles. The summed E-state index contributed by atoms with van der Waals surface area (Å²) in [7, 11) is 0. The highest BCUT2D eigenvalue weighted by Crippen LogP contribution is 2.36. The highest BCUT2D eigenvalue weighted by atomic mass is 19.4. The zero-order valence-electron chi connectivity index (χ0n) is 19.0. The SMILES string of the molecule is Cc1nc2ccc(-c3ccc(OCC4COC4C(N)=O)cc3)nn2c1-c1cnc(N)c(C(F)(F)F)c1. The third kappa shape index (κ3) is 4.31. The minimum atomic E-state index is -4.64. The normalized spacial score (nSPS) is 17.7. The van der Waals surface area contributed by atoms with E-state index in [1.165, 1.54) is 10.7 Å². The van der Waals surface area contributed by atoms with Gasteiger partial charge in [0.25, 0.3) is 0 Å². The lowest BCUT2D eigenvalue weighted by molar-refractivity contribution is -0.161. The Morgan fingerprint density at radius 1 is 1.19 bits per heavy atom. The number of aryl methyl sites for hydroxylation is 1. The summed E-state index contributed by atoms with van der Waals surface area (Å²) >= 11 is 0.